The fourth-order valence-electron chi connectivity index (χ4n) is 3.33. The fourth-order valence-corrected chi connectivity index (χ4v) is 3.33. The van der Waals surface area contributed by atoms with Crippen LogP contribution in [0.15, 0.2) is 42.5 Å². The van der Waals surface area contributed by atoms with Crippen LogP contribution in [-0.2, 0) is 9.53 Å². The third kappa shape index (κ3) is 3.60. The molecule has 27 heavy (non-hydrogen) atoms. The number of esters is 1. The van der Waals surface area contributed by atoms with E-state index >= 15 is 0 Å². The van der Waals surface area contributed by atoms with Gasteiger partial charge in [0, 0.05) is 6.54 Å². The summed E-state index contributed by atoms with van der Waals surface area (Å²) in [5, 5.41) is 0. The highest BCUT2D eigenvalue weighted by atomic mass is 19.1. The second kappa shape index (κ2) is 7.70. The van der Waals surface area contributed by atoms with Crippen LogP contribution in [0.25, 0.3) is 0 Å². The number of nitrogens with zero attached hydrogens (tertiary/aromatic N) is 1. The summed E-state index contributed by atoms with van der Waals surface area (Å²) in [7, 11) is 0. The first kappa shape index (κ1) is 18.8. The number of carbonyl (C=O) groups is 3. The van der Waals surface area contributed by atoms with Gasteiger partial charge in [-0.2, -0.15) is 0 Å². The highest BCUT2D eigenvalue weighted by molar-refractivity contribution is 6.21. The zero-order valence-electron chi connectivity index (χ0n) is 15.2. The first-order chi connectivity index (χ1) is 12.9. The minimum atomic E-state index is -0.759. The minimum Gasteiger partial charge on any atom is -0.466 e. The molecule has 2 aromatic carbocycles. The van der Waals surface area contributed by atoms with Crippen molar-refractivity contribution in [3.8, 4) is 0 Å². The van der Waals surface area contributed by atoms with E-state index < -0.39 is 17.7 Å². The van der Waals surface area contributed by atoms with Crippen molar-refractivity contribution in [1.82, 2.24) is 4.90 Å². The Morgan fingerprint density at radius 1 is 1.11 bits per heavy atom. The van der Waals surface area contributed by atoms with Crippen LogP contribution in [0.1, 0.15) is 51.1 Å². The van der Waals surface area contributed by atoms with E-state index in [4.69, 9.17) is 4.74 Å². The van der Waals surface area contributed by atoms with Gasteiger partial charge in [0.05, 0.1) is 23.7 Å². The molecule has 1 heterocycles. The third-order valence-electron chi connectivity index (χ3n) is 4.71. The number of rotatable bonds is 6. The van der Waals surface area contributed by atoms with Gasteiger partial charge in [0.2, 0.25) is 0 Å². The van der Waals surface area contributed by atoms with Gasteiger partial charge >= 0.3 is 5.97 Å². The van der Waals surface area contributed by atoms with Gasteiger partial charge in [0.1, 0.15) is 5.82 Å². The molecule has 1 atom stereocenters. The molecule has 0 spiro atoms. The summed E-state index contributed by atoms with van der Waals surface area (Å²) in [4.78, 5) is 38.6. The molecule has 2 aromatic rings. The smallest absolute Gasteiger partial charge is 0.313 e. The zero-order chi connectivity index (χ0) is 19.6. The Kier molecular flexibility index (Phi) is 5.35. The molecule has 6 heteroatoms. The number of fused-ring (bicyclic) bond motifs is 1. The average molecular weight is 369 g/mol. The predicted molar refractivity (Wildman–Crippen MR) is 96.9 cm³/mol. The maximum Gasteiger partial charge on any atom is 0.313 e. The number of hydrogen-bond acceptors (Lipinski definition) is 4. The summed E-state index contributed by atoms with van der Waals surface area (Å²) in [5.74, 6) is -2.47. The lowest BCUT2D eigenvalue weighted by molar-refractivity contribution is -0.145. The van der Waals surface area contributed by atoms with Crippen molar-refractivity contribution in [3.63, 3.8) is 0 Å². The Balaban J connectivity index is 1.84. The SMILES string of the molecule is CCOC(=O)[C@H](CCN1C(=O)c2ccccc2C1=O)c1cc(F)ccc1C. The van der Waals surface area contributed by atoms with Crippen molar-refractivity contribution < 1.29 is 23.5 Å². The lowest BCUT2D eigenvalue weighted by atomic mass is 9.91. The second-order valence-electron chi connectivity index (χ2n) is 6.40. The monoisotopic (exact) mass is 369 g/mol. The Labute approximate surface area is 156 Å². The summed E-state index contributed by atoms with van der Waals surface area (Å²) in [6, 6.07) is 10.8. The first-order valence-corrected chi connectivity index (χ1v) is 8.82. The van der Waals surface area contributed by atoms with Crippen LogP contribution in [0.5, 0.6) is 0 Å². The maximum atomic E-state index is 13.7. The van der Waals surface area contributed by atoms with Gasteiger partial charge in [-0.3, -0.25) is 19.3 Å². The molecule has 2 amide bonds. The zero-order valence-corrected chi connectivity index (χ0v) is 15.2. The first-order valence-electron chi connectivity index (χ1n) is 8.82. The molecule has 5 nitrogen and oxygen atoms in total. The van der Waals surface area contributed by atoms with Crippen molar-refractivity contribution in [3.05, 3.63) is 70.5 Å². The summed E-state index contributed by atoms with van der Waals surface area (Å²) >= 11 is 0. The number of amides is 2. The lowest BCUT2D eigenvalue weighted by Crippen LogP contribution is -2.33. The Bertz CT molecular complexity index is 874. The number of benzene rings is 2. The molecule has 3 rings (SSSR count). The van der Waals surface area contributed by atoms with Crippen molar-refractivity contribution in [2.75, 3.05) is 13.2 Å². The highest BCUT2D eigenvalue weighted by Gasteiger charge is 2.36. The van der Waals surface area contributed by atoms with Crippen LogP contribution in [-0.4, -0.2) is 35.8 Å². The van der Waals surface area contributed by atoms with E-state index in [0.717, 1.165) is 10.5 Å². The standard InChI is InChI=1S/C21H20FNO4/c1-3-27-21(26)17(18-12-14(22)9-8-13(18)2)10-11-23-19(24)15-6-4-5-7-16(15)20(23)25/h4-9,12,17H,3,10-11H2,1-2H3/t17-/m1/s1. The molecule has 140 valence electrons. The third-order valence-corrected chi connectivity index (χ3v) is 4.71. The molecular weight excluding hydrogens is 349 g/mol. The molecule has 0 aromatic heterocycles. The summed E-state index contributed by atoms with van der Waals surface area (Å²) in [6.07, 6.45) is 0.161. The molecule has 1 aliphatic rings. The van der Waals surface area contributed by atoms with Crippen molar-refractivity contribution >= 4 is 17.8 Å². The van der Waals surface area contributed by atoms with Crippen LogP contribution < -0.4 is 0 Å². The van der Waals surface area contributed by atoms with Gasteiger partial charge in [-0.05, 0) is 55.7 Å². The molecule has 0 radical (unpaired) electrons. The number of halogens is 1. The van der Waals surface area contributed by atoms with E-state index in [1.807, 2.05) is 0 Å². The van der Waals surface area contributed by atoms with Crippen molar-refractivity contribution in [1.29, 1.82) is 0 Å². The quantitative estimate of drug-likeness (QED) is 0.578. The summed E-state index contributed by atoms with van der Waals surface area (Å²) in [5.41, 5.74) is 1.97. The van der Waals surface area contributed by atoms with Gasteiger partial charge in [-0.1, -0.05) is 18.2 Å². The van der Waals surface area contributed by atoms with Gasteiger partial charge in [0.15, 0.2) is 0 Å². The normalized spacial score (nSPS) is 14.3. The fraction of sp³-hybridized carbons (Fsp3) is 0.286. The average Bonchev–Trinajstić information content (AvgIpc) is 2.90. The van der Waals surface area contributed by atoms with Crippen LogP contribution in [0.4, 0.5) is 4.39 Å². The van der Waals surface area contributed by atoms with Crippen LogP contribution >= 0.6 is 0 Å². The summed E-state index contributed by atoms with van der Waals surface area (Å²) in [6.45, 7) is 3.71. The van der Waals surface area contributed by atoms with E-state index in [9.17, 15) is 18.8 Å². The van der Waals surface area contributed by atoms with Crippen LogP contribution in [0.2, 0.25) is 0 Å². The van der Waals surface area contributed by atoms with Crippen molar-refractivity contribution in [2.24, 2.45) is 0 Å². The van der Waals surface area contributed by atoms with E-state index in [2.05, 4.69) is 0 Å². The second-order valence-corrected chi connectivity index (χ2v) is 6.40. The molecule has 0 fully saturated rings. The molecule has 0 unspecified atom stereocenters. The predicted octanol–water partition coefficient (Wildman–Crippen LogP) is 3.47. The van der Waals surface area contributed by atoms with Crippen LogP contribution in [0.3, 0.4) is 0 Å². The largest absolute Gasteiger partial charge is 0.466 e. The minimum absolute atomic E-state index is 0.0474. The Hall–Kier alpha value is -3.02. The number of carbonyl (C=O) groups excluding carboxylic acids is 3. The van der Waals surface area contributed by atoms with Gasteiger partial charge in [-0.25, -0.2) is 4.39 Å². The number of imide groups is 1. The molecule has 1 aliphatic heterocycles. The van der Waals surface area contributed by atoms with Crippen LogP contribution in [0, 0.1) is 12.7 Å². The maximum absolute atomic E-state index is 13.7. The van der Waals surface area contributed by atoms with Crippen molar-refractivity contribution in [2.45, 2.75) is 26.2 Å². The molecule has 0 saturated heterocycles. The Morgan fingerprint density at radius 3 is 2.33 bits per heavy atom. The van der Waals surface area contributed by atoms with E-state index in [0.29, 0.717) is 16.7 Å². The van der Waals surface area contributed by atoms with Gasteiger partial charge in [-0.15, -0.1) is 0 Å². The number of ether oxygens (including phenoxy) is 1. The van der Waals surface area contributed by atoms with Gasteiger partial charge < -0.3 is 4.74 Å². The molecule has 0 aliphatic carbocycles. The molecule has 0 saturated carbocycles. The van der Waals surface area contributed by atoms with E-state index in [1.165, 1.54) is 12.1 Å². The topological polar surface area (TPSA) is 63.7 Å². The number of hydrogen-bond donors (Lipinski definition) is 0. The highest BCUT2D eigenvalue weighted by Crippen LogP contribution is 2.28. The molecule has 0 N–H and O–H groups in total. The summed E-state index contributed by atoms with van der Waals surface area (Å²) < 4.78 is 18.9. The van der Waals surface area contributed by atoms with E-state index in [-0.39, 0.29) is 31.4 Å². The molecular formula is C21H20FNO4. The lowest BCUT2D eigenvalue weighted by Gasteiger charge is -2.21. The van der Waals surface area contributed by atoms with E-state index in [1.54, 1.807) is 44.2 Å². The van der Waals surface area contributed by atoms with Gasteiger partial charge in [0.25, 0.3) is 11.8 Å². The Morgan fingerprint density at radius 2 is 1.74 bits per heavy atom. The number of aryl methyl sites for hydroxylation is 1. The molecule has 0 bridgehead atoms.